The molecule has 0 fully saturated rings. The van der Waals surface area contributed by atoms with E-state index in [0.29, 0.717) is 18.8 Å². The number of rotatable bonds is 5. The van der Waals surface area contributed by atoms with Crippen molar-refractivity contribution in [3.05, 3.63) is 69.7 Å². The molecule has 104 valence electrons. The Kier molecular flexibility index (Phi) is 5.29. The maximum atomic E-state index is 11.4. The molecule has 2 rings (SSSR count). The number of benzene rings is 2. The summed E-state index contributed by atoms with van der Waals surface area (Å²) in [6, 6.07) is 15.3. The number of nitrogens with two attached hydrogens (primary N) is 1. The highest BCUT2D eigenvalue weighted by Gasteiger charge is 2.07. The molecule has 1 amide bonds. The van der Waals surface area contributed by atoms with E-state index in [2.05, 4.69) is 21.4 Å². The van der Waals surface area contributed by atoms with Gasteiger partial charge < -0.3 is 4.74 Å². The van der Waals surface area contributed by atoms with Gasteiger partial charge in [0.1, 0.15) is 0 Å². The largest absolute Gasteiger partial charge is 0.372 e. The fourth-order valence-electron chi connectivity index (χ4n) is 1.74. The molecule has 0 aliphatic heterocycles. The summed E-state index contributed by atoms with van der Waals surface area (Å²) >= 11 is 3.43. The molecule has 0 aliphatic rings. The van der Waals surface area contributed by atoms with E-state index in [1.165, 1.54) is 0 Å². The summed E-state index contributed by atoms with van der Waals surface area (Å²) in [4.78, 5) is 11.4. The number of hydrogen-bond donors (Lipinski definition) is 2. The number of nitrogen functional groups attached to an aromatic ring is 1. The van der Waals surface area contributed by atoms with Crippen molar-refractivity contribution in [1.82, 2.24) is 5.43 Å². The van der Waals surface area contributed by atoms with Gasteiger partial charge in [0.2, 0.25) is 0 Å². The second kappa shape index (κ2) is 7.19. The molecule has 0 saturated carbocycles. The molecule has 0 spiro atoms. The van der Waals surface area contributed by atoms with Gasteiger partial charge in [0, 0.05) is 10.0 Å². The highest BCUT2D eigenvalue weighted by Crippen LogP contribution is 2.20. The molecule has 0 aromatic heterocycles. The quantitative estimate of drug-likeness (QED) is 0.502. The first kappa shape index (κ1) is 14.7. The zero-order valence-electron chi connectivity index (χ0n) is 10.8. The van der Waals surface area contributed by atoms with Crippen LogP contribution in [0.4, 0.5) is 0 Å². The van der Waals surface area contributed by atoms with Crippen molar-refractivity contribution >= 4 is 21.8 Å². The summed E-state index contributed by atoms with van der Waals surface area (Å²) < 4.78 is 6.48. The summed E-state index contributed by atoms with van der Waals surface area (Å²) in [7, 11) is 0. The Morgan fingerprint density at radius 1 is 1.15 bits per heavy atom. The van der Waals surface area contributed by atoms with Crippen molar-refractivity contribution in [3.8, 4) is 0 Å². The zero-order chi connectivity index (χ0) is 14.4. The average molecular weight is 335 g/mol. The lowest BCUT2D eigenvalue weighted by Crippen LogP contribution is -2.29. The van der Waals surface area contributed by atoms with Gasteiger partial charge >= 0.3 is 0 Å². The van der Waals surface area contributed by atoms with Gasteiger partial charge in [-0.3, -0.25) is 10.2 Å². The van der Waals surface area contributed by atoms with Crippen LogP contribution < -0.4 is 11.3 Å². The molecule has 0 heterocycles. The minimum atomic E-state index is -0.317. The molecule has 5 heteroatoms. The summed E-state index contributed by atoms with van der Waals surface area (Å²) in [6.07, 6.45) is 0. The van der Waals surface area contributed by atoms with Crippen LogP contribution >= 0.6 is 15.9 Å². The van der Waals surface area contributed by atoms with Crippen LogP contribution in [0.3, 0.4) is 0 Å². The first-order chi connectivity index (χ1) is 9.70. The van der Waals surface area contributed by atoms with Crippen LogP contribution in [0.2, 0.25) is 0 Å². The highest BCUT2D eigenvalue weighted by atomic mass is 79.9. The lowest BCUT2D eigenvalue weighted by atomic mass is 10.1. The number of carbonyl (C=O) groups is 1. The lowest BCUT2D eigenvalue weighted by molar-refractivity contribution is 0.0952. The number of ether oxygens (including phenoxy) is 1. The van der Waals surface area contributed by atoms with Crippen molar-refractivity contribution in [2.75, 3.05) is 0 Å². The number of nitrogens with one attached hydrogen (secondary N) is 1. The second-order valence-corrected chi connectivity index (χ2v) is 5.11. The molecule has 0 radical (unpaired) electrons. The number of hydrazine groups is 1. The third-order valence-electron chi connectivity index (χ3n) is 2.82. The van der Waals surface area contributed by atoms with E-state index in [0.717, 1.165) is 15.6 Å². The number of carbonyl (C=O) groups excluding carboxylic acids is 1. The maximum absolute atomic E-state index is 11.4. The lowest BCUT2D eigenvalue weighted by Gasteiger charge is -2.08. The van der Waals surface area contributed by atoms with E-state index in [4.69, 9.17) is 10.6 Å². The SMILES string of the molecule is NNC(=O)c1ccc(COCc2ccccc2)c(Br)c1. The molecule has 0 unspecified atom stereocenters. The zero-order valence-corrected chi connectivity index (χ0v) is 12.4. The van der Waals surface area contributed by atoms with Crippen LogP contribution in [0.1, 0.15) is 21.5 Å². The highest BCUT2D eigenvalue weighted by molar-refractivity contribution is 9.10. The molecule has 0 atom stereocenters. The molecule has 4 nitrogen and oxygen atoms in total. The van der Waals surface area contributed by atoms with Crippen molar-refractivity contribution in [2.24, 2.45) is 5.84 Å². The summed E-state index contributed by atoms with van der Waals surface area (Å²) in [5.41, 5.74) is 4.72. The first-order valence-electron chi connectivity index (χ1n) is 6.11. The fourth-order valence-corrected chi connectivity index (χ4v) is 2.24. The second-order valence-electron chi connectivity index (χ2n) is 4.26. The molecule has 2 aromatic rings. The van der Waals surface area contributed by atoms with Crippen molar-refractivity contribution < 1.29 is 9.53 Å². The van der Waals surface area contributed by atoms with Crippen molar-refractivity contribution in [1.29, 1.82) is 0 Å². The van der Waals surface area contributed by atoms with E-state index < -0.39 is 0 Å². The monoisotopic (exact) mass is 334 g/mol. The van der Waals surface area contributed by atoms with Gasteiger partial charge in [-0.25, -0.2) is 5.84 Å². The molecular formula is C15H15BrN2O2. The van der Waals surface area contributed by atoms with Crippen LogP contribution in [-0.2, 0) is 18.0 Å². The summed E-state index contributed by atoms with van der Waals surface area (Å²) in [5.74, 6) is 4.78. The predicted octanol–water partition coefficient (Wildman–Crippen LogP) is 2.77. The van der Waals surface area contributed by atoms with Gasteiger partial charge in [-0.05, 0) is 23.3 Å². The van der Waals surface area contributed by atoms with Gasteiger partial charge in [-0.15, -0.1) is 0 Å². The smallest absolute Gasteiger partial charge is 0.265 e. The average Bonchev–Trinajstić information content (AvgIpc) is 2.49. The summed E-state index contributed by atoms with van der Waals surface area (Å²) in [6.45, 7) is 1.03. The predicted molar refractivity (Wildman–Crippen MR) is 80.7 cm³/mol. The topological polar surface area (TPSA) is 64.3 Å². The standard InChI is InChI=1S/C15H15BrN2O2/c16-14-8-12(15(19)18-17)6-7-13(14)10-20-9-11-4-2-1-3-5-11/h1-8H,9-10,17H2,(H,18,19). The minimum Gasteiger partial charge on any atom is -0.372 e. The Bertz CT molecular complexity index is 588. The molecule has 3 N–H and O–H groups in total. The van der Waals surface area contributed by atoms with E-state index in [-0.39, 0.29) is 5.91 Å². The van der Waals surface area contributed by atoms with Crippen LogP contribution in [0.15, 0.2) is 53.0 Å². The van der Waals surface area contributed by atoms with Crippen LogP contribution in [-0.4, -0.2) is 5.91 Å². The number of hydrogen-bond acceptors (Lipinski definition) is 3. The van der Waals surface area contributed by atoms with Gasteiger partial charge in [0.15, 0.2) is 0 Å². The van der Waals surface area contributed by atoms with Gasteiger partial charge in [-0.2, -0.15) is 0 Å². The Hall–Kier alpha value is -1.69. The molecule has 20 heavy (non-hydrogen) atoms. The van der Waals surface area contributed by atoms with Crippen LogP contribution in [0.25, 0.3) is 0 Å². The Morgan fingerprint density at radius 3 is 2.55 bits per heavy atom. The maximum Gasteiger partial charge on any atom is 0.265 e. The third kappa shape index (κ3) is 3.90. The van der Waals surface area contributed by atoms with Crippen molar-refractivity contribution in [3.63, 3.8) is 0 Å². The molecule has 0 saturated heterocycles. The minimum absolute atomic E-state index is 0.317. The van der Waals surface area contributed by atoms with Crippen molar-refractivity contribution in [2.45, 2.75) is 13.2 Å². The first-order valence-corrected chi connectivity index (χ1v) is 6.91. The molecule has 2 aromatic carbocycles. The number of amides is 1. The molecule has 0 aliphatic carbocycles. The van der Waals surface area contributed by atoms with Gasteiger partial charge in [0.05, 0.1) is 13.2 Å². The van der Waals surface area contributed by atoms with Crippen LogP contribution in [0.5, 0.6) is 0 Å². The van der Waals surface area contributed by atoms with E-state index in [9.17, 15) is 4.79 Å². The van der Waals surface area contributed by atoms with Gasteiger partial charge in [0.25, 0.3) is 5.91 Å². The van der Waals surface area contributed by atoms with E-state index in [1.54, 1.807) is 12.1 Å². The summed E-state index contributed by atoms with van der Waals surface area (Å²) in [5, 5.41) is 0. The number of halogens is 1. The normalized spacial score (nSPS) is 10.3. The molecule has 0 bridgehead atoms. The van der Waals surface area contributed by atoms with E-state index in [1.807, 2.05) is 36.4 Å². The van der Waals surface area contributed by atoms with E-state index >= 15 is 0 Å². The Labute approximate surface area is 126 Å². The Morgan fingerprint density at radius 2 is 1.90 bits per heavy atom. The van der Waals surface area contributed by atoms with Crippen LogP contribution in [0, 0.1) is 0 Å². The third-order valence-corrected chi connectivity index (χ3v) is 3.55. The van der Waals surface area contributed by atoms with Gasteiger partial charge in [-0.1, -0.05) is 52.3 Å². The fraction of sp³-hybridized carbons (Fsp3) is 0.133. The molecular weight excluding hydrogens is 320 g/mol. The Balaban J connectivity index is 1.95.